The molecule has 4 N–H and O–H groups in total. The van der Waals surface area contributed by atoms with Crippen LogP contribution in [0.2, 0.25) is 0 Å². The van der Waals surface area contributed by atoms with Gasteiger partial charge in [-0.3, -0.25) is 9.89 Å². The molecule has 0 unspecified atom stereocenters. The molecule has 4 aromatic rings. The maximum Gasteiger partial charge on any atom is 0.279 e. The van der Waals surface area contributed by atoms with Crippen molar-refractivity contribution in [3.05, 3.63) is 60.4 Å². The average molecular weight is 394 g/mol. The number of nitrogen functional groups attached to an aromatic ring is 1. The molecule has 28 heavy (non-hydrogen) atoms. The van der Waals surface area contributed by atoms with Gasteiger partial charge in [0.05, 0.1) is 22.3 Å². The summed E-state index contributed by atoms with van der Waals surface area (Å²) in [6.07, 6.45) is 1.42. The molecule has 0 spiro atoms. The highest BCUT2D eigenvalue weighted by atomic mass is 32.2. The molecule has 1 amide bonds. The van der Waals surface area contributed by atoms with Crippen molar-refractivity contribution in [3.8, 4) is 11.3 Å². The van der Waals surface area contributed by atoms with E-state index in [9.17, 15) is 13.2 Å². The van der Waals surface area contributed by atoms with Crippen molar-refractivity contribution in [2.24, 2.45) is 0 Å². The number of carbonyl (C=O) groups excluding carboxylic acids is 1. The van der Waals surface area contributed by atoms with Gasteiger partial charge < -0.3 is 11.1 Å². The molecule has 0 saturated heterocycles. The molecule has 0 saturated carbocycles. The van der Waals surface area contributed by atoms with Gasteiger partial charge in [-0.25, -0.2) is 18.4 Å². The van der Waals surface area contributed by atoms with Crippen LogP contribution in [0.15, 0.2) is 59.6 Å². The zero-order chi connectivity index (χ0) is 19.7. The Balaban J connectivity index is 1.65. The number of nitrogens with one attached hydrogen (secondary N) is 2. The van der Waals surface area contributed by atoms with Crippen LogP contribution in [0.1, 0.15) is 10.5 Å². The Morgan fingerprint density at radius 1 is 1.07 bits per heavy atom. The number of nitrogens with zero attached hydrogens (tertiary/aromatic N) is 3. The smallest absolute Gasteiger partial charge is 0.279 e. The molecule has 140 valence electrons. The Morgan fingerprint density at radius 2 is 1.82 bits per heavy atom. The molecule has 2 aromatic heterocycles. The molecular weight excluding hydrogens is 380 g/mol. The highest BCUT2D eigenvalue weighted by Gasteiger charge is 2.17. The molecule has 0 fully saturated rings. The summed E-state index contributed by atoms with van der Waals surface area (Å²) < 4.78 is 22.0. The zero-order valence-electron chi connectivity index (χ0n) is 14.3. The quantitative estimate of drug-likeness (QED) is 0.387. The predicted octanol–water partition coefficient (Wildman–Crippen LogP) is 1.82. The number of thiol groups is 1. The molecule has 0 aliphatic carbocycles. The van der Waals surface area contributed by atoms with Gasteiger partial charge >= 0.3 is 0 Å². The van der Waals surface area contributed by atoms with E-state index in [2.05, 4.69) is 25.5 Å². The van der Waals surface area contributed by atoms with Gasteiger partial charge in [0.1, 0.15) is 0 Å². The van der Waals surface area contributed by atoms with E-state index < -0.39 is 16.6 Å². The minimum atomic E-state index is -2.67. The third-order valence-electron chi connectivity index (χ3n) is 4.09. The summed E-state index contributed by atoms with van der Waals surface area (Å²) in [6, 6.07) is 13.4. The van der Waals surface area contributed by atoms with Crippen molar-refractivity contribution in [1.29, 1.82) is 0 Å². The second kappa shape index (κ2) is 7.08. The van der Waals surface area contributed by atoms with Crippen LogP contribution in [-0.4, -0.2) is 34.5 Å². The van der Waals surface area contributed by atoms with Crippen LogP contribution in [0, 0.1) is 0 Å². The number of para-hydroxylation sites is 1. The third kappa shape index (κ3) is 3.28. The molecule has 2 aromatic carbocycles. The van der Waals surface area contributed by atoms with Crippen LogP contribution in [0.4, 0.5) is 11.6 Å². The van der Waals surface area contributed by atoms with Gasteiger partial charge in [0.2, 0.25) is 0 Å². The minimum Gasteiger partial charge on any atom is -0.382 e. The molecule has 9 nitrogen and oxygen atoms in total. The lowest BCUT2D eigenvalue weighted by molar-refractivity contribution is 0.102. The number of hydrogen-bond donors (Lipinski definition) is 4. The number of carbonyl (C=O) groups is 1. The number of amides is 1. The second-order valence-corrected chi connectivity index (χ2v) is 6.90. The standard InChI is InChI=1S/C18H14N6O3S/c19-16-15(18(25)22-17-12-3-1-2-4-13(12)23-24-17)21-14(9-20-16)10-5-7-11(8-6-10)28(26)27/h1-9,28H,(H2,19,20)(H2,22,23,24,25). The normalized spacial score (nSPS) is 11.0. The van der Waals surface area contributed by atoms with Crippen LogP contribution in [0.3, 0.4) is 0 Å². The highest BCUT2D eigenvalue weighted by molar-refractivity contribution is 7.72. The number of H-pyrrole nitrogens is 1. The van der Waals surface area contributed by atoms with Crippen LogP contribution in [0.25, 0.3) is 22.2 Å². The van der Waals surface area contributed by atoms with Crippen LogP contribution >= 0.6 is 0 Å². The Bertz CT molecular complexity index is 1260. The van der Waals surface area contributed by atoms with Crippen molar-refractivity contribution in [3.63, 3.8) is 0 Å². The lowest BCUT2D eigenvalue weighted by Crippen LogP contribution is -2.17. The lowest BCUT2D eigenvalue weighted by atomic mass is 10.1. The van der Waals surface area contributed by atoms with E-state index in [-0.39, 0.29) is 16.4 Å². The molecular formula is C18H14N6O3S. The molecule has 4 rings (SSSR count). The largest absolute Gasteiger partial charge is 0.382 e. The summed E-state index contributed by atoms with van der Waals surface area (Å²) in [7, 11) is -2.67. The summed E-state index contributed by atoms with van der Waals surface area (Å²) in [5, 5.41) is 10.4. The molecule has 0 atom stereocenters. The number of fused-ring (bicyclic) bond motifs is 1. The fourth-order valence-corrected chi connectivity index (χ4v) is 3.08. The van der Waals surface area contributed by atoms with Crippen LogP contribution in [-0.2, 0) is 10.7 Å². The zero-order valence-corrected chi connectivity index (χ0v) is 15.2. The van der Waals surface area contributed by atoms with Crippen molar-refractivity contribution in [2.45, 2.75) is 4.90 Å². The first-order valence-corrected chi connectivity index (χ1v) is 9.32. The number of aromatic nitrogens is 4. The number of aromatic amines is 1. The van der Waals surface area contributed by atoms with Gasteiger partial charge in [0, 0.05) is 10.9 Å². The Hall–Kier alpha value is -3.79. The third-order valence-corrected chi connectivity index (χ3v) is 4.81. The second-order valence-electron chi connectivity index (χ2n) is 5.86. The lowest BCUT2D eigenvalue weighted by Gasteiger charge is -2.07. The van der Waals surface area contributed by atoms with Gasteiger partial charge in [-0.15, -0.1) is 0 Å². The fraction of sp³-hybridized carbons (Fsp3) is 0. The Morgan fingerprint density at radius 3 is 2.57 bits per heavy atom. The first-order valence-electron chi connectivity index (χ1n) is 8.15. The van der Waals surface area contributed by atoms with Gasteiger partial charge in [0.25, 0.3) is 5.91 Å². The van der Waals surface area contributed by atoms with Gasteiger partial charge in [0.15, 0.2) is 28.0 Å². The summed E-state index contributed by atoms with van der Waals surface area (Å²) >= 11 is 0. The summed E-state index contributed by atoms with van der Waals surface area (Å²) in [5.41, 5.74) is 7.55. The molecule has 10 heteroatoms. The molecule has 0 aliphatic heterocycles. The number of anilines is 2. The molecule has 2 heterocycles. The summed E-state index contributed by atoms with van der Waals surface area (Å²) in [6.45, 7) is 0. The molecule has 0 radical (unpaired) electrons. The number of hydrogen-bond acceptors (Lipinski definition) is 7. The van der Waals surface area contributed by atoms with Gasteiger partial charge in [-0.1, -0.05) is 24.3 Å². The maximum atomic E-state index is 12.7. The van der Waals surface area contributed by atoms with E-state index in [0.717, 1.165) is 10.9 Å². The van der Waals surface area contributed by atoms with Crippen molar-refractivity contribution < 1.29 is 13.2 Å². The van der Waals surface area contributed by atoms with Crippen molar-refractivity contribution in [2.75, 3.05) is 11.1 Å². The predicted molar refractivity (Wildman–Crippen MR) is 105 cm³/mol. The molecule has 0 aliphatic rings. The number of benzene rings is 2. The fourth-order valence-electron chi connectivity index (χ4n) is 2.68. The van der Waals surface area contributed by atoms with Gasteiger partial charge in [-0.2, -0.15) is 5.10 Å². The van der Waals surface area contributed by atoms with E-state index in [0.29, 0.717) is 17.1 Å². The minimum absolute atomic E-state index is 0.0275. The monoisotopic (exact) mass is 394 g/mol. The molecule has 0 bridgehead atoms. The van der Waals surface area contributed by atoms with Crippen LogP contribution < -0.4 is 11.1 Å². The SMILES string of the molecule is Nc1ncc(-c2ccc([SH](=O)=O)cc2)nc1C(=O)Nc1n[nH]c2ccccc12. The van der Waals surface area contributed by atoms with E-state index in [1.807, 2.05) is 24.3 Å². The van der Waals surface area contributed by atoms with Crippen molar-refractivity contribution in [1.82, 2.24) is 20.2 Å². The maximum absolute atomic E-state index is 12.7. The first-order chi connectivity index (χ1) is 13.5. The van der Waals surface area contributed by atoms with Crippen molar-refractivity contribution >= 4 is 39.1 Å². The average Bonchev–Trinajstić information content (AvgIpc) is 3.11. The van der Waals surface area contributed by atoms with E-state index in [4.69, 9.17) is 5.73 Å². The summed E-state index contributed by atoms with van der Waals surface area (Å²) in [4.78, 5) is 21.2. The first kappa shape index (κ1) is 17.6. The number of nitrogens with two attached hydrogens (primary N) is 1. The Kier molecular flexibility index (Phi) is 4.45. The van der Waals surface area contributed by atoms with E-state index in [1.165, 1.54) is 18.3 Å². The topological polar surface area (TPSA) is 144 Å². The Labute approximate surface area is 160 Å². The number of rotatable bonds is 4. The van der Waals surface area contributed by atoms with Crippen LogP contribution in [0.5, 0.6) is 0 Å². The van der Waals surface area contributed by atoms with Gasteiger partial charge in [-0.05, 0) is 24.3 Å². The highest BCUT2D eigenvalue weighted by Crippen LogP contribution is 2.22. The van der Waals surface area contributed by atoms with E-state index in [1.54, 1.807) is 12.1 Å². The summed E-state index contributed by atoms with van der Waals surface area (Å²) in [5.74, 6) is -0.223. The van der Waals surface area contributed by atoms with E-state index >= 15 is 0 Å².